The van der Waals surface area contributed by atoms with Gasteiger partial charge in [0.25, 0.3) is 0 Å². The number of nitrogens with one attached hydrogen (secondary N) is 1. The van der Waals surface area contributed by atoms with Gasteiger partial charge in [0.1, 0.15) is 5.82 Å². The van der Waals surface area contributed by atoms with Crippen molar-refractivity contribution >= 4 is 28.5 Å². The zero-order valence-electron chi connectivity index (χ0n) is 12.5. The van der Waals surface area contributed by atoms with E-state index in [1.165, 1.54) is 49.3 Å². The molecule has 0 atom stereocenters. The molecule has 1 fully saturated rings. The fraction of sp³-hybridized carbons (Fsp3) is 0.375. The van der Waals surface area contributed by atoms with Crippen molar-refractivity contribution in [2.75, 3.05) is 24.2 Å². The zero-order valence-corrected chi connectivity index (χ0v) is 13.4. The van der Waals surface area contributed by atoms with Crippen molar-refractivity contribution in [3.05, 3.63) is 40.8 Å². The number of thiazole rings is 1. The highest BCUT2D eigenvalue weighted by atomic mass is 32.1. The molecule has 1 aliphatic rings. The molecule has 1 aromatic carbocycles. The van der Waals surface area contributed by atoms with Crippen LogP contribution in [0.5, 0.6) is 0 Å². The lowest BCUT2D eigenvalue weighted by atomic mass is 10.1. The quantitative estimate of drug-likeness (QED) is 0.657. The van der Waals surface area contributed by atoms with Crippen molar-refractivity contribution in [3.63, 3.8) is 0 Å². The maximum atomic E-state index is 5.56. The molecule has 0 saturated carbocycles. The fourth-order valence-corrected chi connectivity index (χ4v) is 3.13. The molecule has 3 rings (SSSR count). The number of aromatic nitrogens is 1. The summed E-state index contributed by atoms with van der Waals surface area (Å²) in [5.41, 5.74) is 10.9. The lowest BCUT2D eigenvalue weighted by Crippen LogP contribution is -2.29. The van der Waals surface area contributed by atoms with Gasteiger partial charge in [-0.3, -0.25) is 10.3 Å². The van der Waals surface area contributed by atoms with Gasteiger partial charge in [-0.1, -0.05) is 30.7 Å². The molecule has 22 heavy (non-hydrogen) atoms. The first kappa shape index (κ1) is 15.0. The predicted octanol–water partition coefficient (Wildman–Crippen LogP) is 3.16. The number of benzene rings is 1. The van der Waals surface area contributed by atoms with E-state index in [1.54, 1.807) is 11.6 Å². The van der Waals surface area contributed by atoms with Gasteiger partial charge in [-0.25, -0.2) is 4.98 Å². The number of nitrogen functional groups attached to an aromatic ring is 1. The normalized spacial score (nSPS) is 16.2. The zero-order chi connectivity index (χ0) is 15.2. The minimum atomic E-state index is 0.518. The topological polar surface area (TPSA) is 66.5 Å². The minimum Gasteiger partial charge on any atom is -0.383 e. The Labute approximate surface area is 134 Å². The van der Waals surface area contributed by atoms with Gasteiger partial charge in [0, 0.05) is 11.9 Å². The van der Waals surface area contributed by atoms with Gasteiger partial charge in [-0.2, -0.15) is 5.10 Å². The Kier molecular flexibility index (Phi) is 5.03. The summed E-state index contributed by atoms with van der Waals surface area (Å²) in [4.78, 5) is 6.62. The number of nitrogens with zero attached hydrogens (tertiary/aromatic N) is 3. The standard InChI is InChI=1S/C16H21N5S/c17-15-12-22-16(19-15)20-18-10-13-4-6-14(7-5-13)11-21-8-2-1-3-9-21/h4-7,10,12H,1-3,8-9,11,17H2,(H,19,20). The molecular weight excluding hydrogens is 294 g/mol. The van der Waals surface area contributed by atoms with E-state index < -0.39 is 0 Å². The van der Waals surface area contributed by atoms with E-state index in [9.17, 15) is 0 Å². The Morgan fingerprint density at radius 3 is 2.68 bits per heavy atom. The van der Waals surface area contributed by atoms with Crippen LogP contribution in [0.3, 0.4) is 0 Å². The van der Waals surface area contributed by atoms with E-state index in [4.69, 9.17) is 5.73 Å². The molecule has 0 aliphatic carbocycles. The van der Waals surface area contributed by atoms with Gasteiger partial charge in [-0.05, 0) is 37.1 Å². The Balaban J connectivity index is 1.52. The molecule has 0 amide bonds. The van der Waals surface area contributed by atoms with Crippen molar-refractivity contribution in [1.82, 2.24) is 9.88 Å². The van der Waals surface area contributed by atoms with E-state index in [1.807, 2.05) is 0 Å². The van der Waals surface area contributed by atoms with Crippen LogP contribution in [0, 0.1) is 0 Å². The molecule has 0 radical (unpaired) electrons. The molecule has 2 heterocycles. The molecular formula is C16H21N5S. The summed E-state index contributed by atoms with van der Waals surface area (Å²) in [7, 11) is 0. The largest absolute Gasteiger partial charge is 0.383 e. The van der Waals surface area contributed by atoms with E-state index >= 15 is 0 Å². The number of hydrazone groups is 1. The summed E-state index contributed by atoms with van der Waals surface area (Å²) < 4.78 is 0. The van der Waals surface area contributed by atoms with E-state index in [0.717, 1.165) is 12.1 Å². The second-order valence-corrected chi connectivity index (χ2v) is 6.38. The van der Waals surface area contributed by atoms with Crippen LogP contribution in [0.4, 0.5) is 10.9 Å². The van der Waals surface area contributed by atoms with Crippen LogP contribution < -0.4 is 11.2 Å². The van der Waals surface area contributed by atoms with Crippen molar-refractivity contribution < 1.29 is 0 Å². The first-order valence-electron chi connectivity index (χ1n) is 7.61. The third-order valence-electron chi connectivity index (χ3n) is 3.73. The monoisotopic (exact) mass is 315 g/mol. The summed E-state index contributed by atoms with van der Waals surface area (Å²) >= 11 is 1.44. The Morgan fingerprint density at radius 1 is 1.23 bits per heavy atom. The summed E-state index contributed by atoms with van der Waals surface area (Å²) in [6.45, 7) is 3.50. The first-order chi connectivity index (χ1) is 10.8. The van der Waals surface area contributed by atoms with Crippen LogP contribution >= 0.6 is 11.3 Å². The van der Waals surface area contributed by atoms with Gasteiger partial charge in [0.15, 0.2) is 0 Å². The van der Waals surface area contributed by atoms with Crippen molar-refractivity contribution in [2.45, 2.75) is 25.8 Å². The molecule has 116 valence electrons. The maximum absolute atomic E-state index is 5.56. The third-order valence-corrected chi connectivity index (χ3v) is 4.50. The number of anilines is 2. The smallest absolute Gasteiger partial charge is 0.205 e. The molecule has 1 saturated heterocycles. The molecule has 3 N–H and O–H groups in total. The molecule has 0 spiro atoms. The van der Waals surface area contributed by atoms with Crippen LogP contribution in [0.1, 0.15) is 30.4 Å². The SMILES string of the molecule is Nc1csc(NN=Cc2ccc(CN3CCCCC3)cc2)n1. The Bertz CT molecular complexity index is 614. The van der Waals surface area contributed by atoms with Gasteiger partial charge in [0.2, 0.25) is 5.13 Å². The molecule has 6 heteroatoms. The minimum absolute atomic E-state index is 0.518. The highest BCUT2D eigenvalue weighted by molar-refractivity contribution is 7.14. The Morgan fingerprint density at radius 2 is 2.00 bits per heavy atom. The van der Waals surface area contributed by atoms with E-state index in [-0.39, 0.29) is 0 Å². The fourth-order valence-electron chi connectivity index (χ4n) is 2.58. The predicted molar refractivity (Wildman–Crippen MR) is 93.3 cm³/mol. The lowest BCUT2D eigenvalue weighted by Gasteiger charge is -2.26. The van der Waals surface area contributed by atoms with E-state index in [0.29, 0.717) is 10.9 Å². The van der Waals surface area contributed by atoms with Crippen LogP contribution in [0.25, 0.3) is 0 Å². The maximum Gasteiger partial charge on any atom is 0.205 e. The average molecular weight is 315 g/mol. The summed E-state index contributed by atoms with van der Waals surface area (Å²) in [5.74, 6) is 0.518. The highest BCUT2D eigenvalue weighted by Gasteiger charge is 2.09. The second kappa shape index (κ2) is 7.38. The van der Waals surface area contributed by atoms with Gasteiger partial charge < -0.3 is 5.73 Å². The van der Waals surface area contributed by atoms with Crippen molar-refractivity contribution in [1.29, 1.82) is 0 Å². The number of hydrogen-bond acceptors (Lipinski definition) is 6. The van der Waals surface area contributed by atoms with Crippen LogP contribution in [0.15, 0.2) is 34.7 Å². The molecule has 0 bridgehead atoms. The van der Waals surface area contributed by atoms with Crippen molar-refractivity contribution in [2.24, 2.45) is 5.10 Å². The Hall–Kier alpha value is -1.92. The average Bonchev–Trinajstić information content (AvgIpc) is 2.96. The molecule has 5 nitrogen and oxygen atoms in total. The second-order valence-electron chi connectivity index (χ2n) is 5.53. The molecule has 1 aromatic heterocycles. The number of hydrogen-bond donors (Lipinski definition) is 2. The number of rotatable bonds is 5. The summed E-state index contributed by atoms with van der Waals surface area (Å²) in [5, 5.41) is 6.67. The molecule has 0 unspecified atom stereocenters. The van der Waals surface area contributed by atoms with Crippen LogP contribution in [-0.4, -0.2) is 29.2 Å². The first-order valence-corrected chi connectivity index (χ1v) is 8.49. The van der Waals surface area contributed by atoms with Gasteiger partial charge in [-0.15, -0.1) is 11.3 Å². The lowest BCUT2D eigenvalue weighted by molar-refractivity contribution is 0.221. The van der Waals surface area contributed by atoms with Crippen molar-refractivity contribution in [3.8, 4) is 0 Å². The third kappa shape index (κ3) is 4.29. The molecule has 2 aromatic rings. The van der Waals surface area contributed by atoms with Crippen LogP contribution in [0.2, 0.25) is 0 Å². The number of nitrogens with two attached hydrogens (primary N) is 1. The number of likely N-dealkylation sites (tertiary alicyclic amines) is 1. The van der Waals surface area contributed by atoms with Gasteiger partial charge in [0.05, 0.1) is 6.21 Å². The van der Waals surface area contributed by atoms with E-state index in [2.05, 4.69) is 44.7 Å². The summed E-state index contributed by atoms with van der Waals surface area (Å²) in [6.07, 6.45) is 5.83. The van der Waals surface area contributed by atoms with Crippen LogP contribution in [-0.2, 0) is 6.54 Å². The molecule has 1 aliphatic heterocycles. The highest BCUT2D eigenvalue weighted by Crippen LogP contribution is 2.16. The number of piperidine rings is 1. The summed E-state index contributed by atoms with van der Waals surface area (Å²) in [6, 6.07) is 8.55. The van der Waals surface area contributed by atoms with Gasteiger partial charge >= 0.3 is 0 Å².